The van der Waals surface area contributed by atoms with Gasteiger partial charge in [0.15, 0.2) is 5.82 Å². The normalized spacial score (nSPS) is 10.1. The number of hydrogen-bond acceptors (Lipinski definition) is 7. The fourth-order valence-electron chi connectivity index (χ4n) is 1.10. The number of ether oxygens (including phenoxy) is 1. The van der Waals surface area contributed by atoms with Crippen LogP contribution < -0.4 is 10.1 Å². The molecule has 0 atom stereocenters. The molecule has 0 saturated heterocycles. The number of nitrogens with zero attached hydrogens (tertiary/aromatic N) is 4. The molecule has 84 valence electrons. The molecule has 0 bridgehead atoms. The lowest BCUT2D eigenvalue weighted by Crippen LogP contribution is -1.96. The van der Waals surface area contributed by atoms with Crippen LogP contribution in [0.5, 0.6) is 5.88 Å². The summed E-state index contributed by atoms with van der Waals surface area (Å²) in [4.78, 5) is 4.28. The lowest BCUT2D eigenvalue weighted by atomic mass is 10.4. The molecule has 0 saturated carbocycles. The first-order chi connectivity index (χ1) is 7.83. The molecule has 0 aliphatic rings. The van der Waals surface area contributed by atoms with Crippen molar-refractivity contribution in [2.24, 2.45) is 0 Å². The van der Waals surface area contributed by atoms with E-state index in [1.807, 2.05) is 6.92 Å². The number of methoxy groups -OCH3 is 1. The summed E-state index contributed by atoms with van der Waals surface area (Å²) < 4.78 is 9.11. The van der Waals surface area contributed by atoms with Gasteiger partial charge in [-0.25, -0.2) is 0 Å². The van der Waals surface area contributed by atoms with E-state index < -0.39 is 0 Å². The van der Waals surface area contributed by atoms with E-state index in [2.05, 4.69) is 24.9 Å². The maximum Gasteiger partial charge on any atom is 0.233 e. The van der Waals surface area contributed by atoms with Gasteiger partial charge in [-0.3, -0.25) is 0 Å². The predicted molar refractivity (Wildman–Crippen MR) is 61.7 cm³/mol. The van der Waals surface area contributed by atoms with E-state index in [9.17, 15) is 0 Å². The largest absolute Gasteiger partial charge is 0.480 e. The van der Waals surface area contributed by atoms with Crippen molar-refractivity contribution in [3.8, 4) is 17.4 Å². The van der Waals surface area contributed by atoms with Crippen LogP contribution in [0.2, 0.25) is 0 Å². The summed E-state index contributed by atoms with van der Waals surface area (Å²) in [7, 11) is 1.55. The molecule has 1 N–H and O–H groups in total. The van der Waals surface area contributed by atoms with Gasteiger partial charge in [0.2, 0.25) is 11.0 Å². The molecule has 6 nitrogen and oxygen atoms in total. The monoisotopic (exact) mass is 237 g/mol. The Kier molecular flexibility index (Phi) is 3.25. The van der Waals surface area contributed by atoms with E-state index in [0.717, 1.165) is 11.7 Å². The quantitative estimate of drug-likeness (QED) is 0.867. The SMILES string of the molecule is CCNc1nc(-c2ccc(OC)nn2)ns1. The third-order valence-electron chi connectivity index (χ3n) is 1.83. The van der Waals surface area contributed by atoms with Crippen molar-refractivity contribution in [2.45, 2.75) is 6.92 Å². The highest BCUT2D eigenvalue weighted by Crippen LogP contribution is 2.19. The van der Waals surface area contributed by atoms with E-state index in [0.29, 0.717) is 17.4 Å². The van der Waals surface area contributed by atoms with Crippen LogP contribution >= 0.6 is 11.5 Å². The standard InChI is InChI=1S/C9H11N5OS/c1-3-10-9-11-8(14-16-9)6-4-5-7(15-2)13-12-6/h4-5H,3H2,1-2H3,(H,10,11,14). The smallest absolute Gasteiger partial charge is 0.233 e. The second-order valence-corrected chi connectivity index (χ2v) is 3.67. The first-order valence-electron chi connectivity index (χ1n) is 4.79. The van der Waals surface area contributed by atoms with Gasteiger partial charge in [-0.05, 0) is 13.0 Å². The number of anilines is 1. The van der Waals surface area contributed by atoms with Gasteiger partial charge < -0.3 is 10.1 Å². The number of hydrogen-bond donors (Lipinski definition) is 1. The van der Waals surface area contributed by atoms with E-state index in [1.165, 1.54) is 11.5 Å². The van der Waals surface area contributed by atoms with Crippen molar-refractivity contribution in [2.75, 3.05) is 19.0 Å². The van der Waals surface area contributed by atoms with Gasteiger partial charge in [0.05, 0.1) is 7.11 Å². The zero-order valence-corrected chi connectivity index (χ0v) is 9.78. The van der Waals surface area contributed by atoms with Gasteiger partial charge in [0.1, 0.15) is 5.69 Å². The van der Waals surface area contributed by atoms with Gasteiger partial charge in [-0.2, -0.15) is 9.36 Å². The van der Waals surface area contributed by atoms with Gasteiger partial charge in [-0.1, -0.05) is 0 Å². The van der Waals surface area contributed by atoms with Crippen molar-refractivity contribution in [3.63, 3.8) is 0 Å². The van der Waals surface area contributed by atoms with Gasteiger partial charge in [0.25, 0.3) is 0 Å². The predicted octanol–water partition coefficient (Wildman–Crippen LogP) is 1.44. The number of aromatic nitrogens is 4. The highest BCUT2D eigenvalue weighted by molar-refractivity contribution is 7.09. The fourth-order valence-corrected chi connectivity index (χ4v) is 1.74. The van der Waals surface area contributed by atoms with E-state index in [1.54, 1.807) is 19.2 Å². The molecule has 0 spiro atoms. The Labute approximate surface area is 96.9 Å². The molecule has 0 radical (unpaired) electrons. The zero-order valence-electron chi connectivity index (χ0n) is 8.97. The molecule has 0 unspecified atom stereocenters. The molecule has 2 aromatic rings. The van der Waals surface area contributed by atoms with E-state index in [4.69, 9.17) is 4.74 Å². The minimum Gasteiger partial charge on any atom is -0.480 e. The first kappa shape index (κ1) is 10.7. The third kappa shape index (κ3) is 2.25. The third-order valence-corrected chi connectivity index (χ3v) is 2.51. The molecule has 2 heterocycles. The average molecular weight is 237 g/mol. The van der Waals surface area contributed by atoms with Crippen LogP contribution in [0.3, 0.4) is 0 Å². The van der Waals surface area contributed by atoms with Crippen molar-refractivity contribution < 1.29 is 4.74 Å². The topological polar surface area (TPSA) is 72.8 Å². The summed E-state index contributed by atoms with van der Waals surface area (Å²) in [5.41, 5.74) is 0.640. The van der Waals surface area contributed by atoms with Crippen LogP contribution in [-0.4, -0.2) is 33.2 Å². The molecule has 0 amide bonds. The summed E-state index contributed by atoms with van der Waals surface area (Å²) in [6.45, 7) is 2.83. The molecule has 0 fully saturated rings. The van der Waals surface area contributed by atoms with Crippen molar-refractivity contribution in [1.82, 2.24) is 19.6 Å². The van der Waals surface area contributed by atoms with E-state index in [-0.39, 0.29) is 0 Å². The van der Waals surface area contributed by atoms with Gasteiger partial charge >= 0.3 is 0 Å². The lowest BCUT2D eigenvalue weighted by Gasteiger charge is -1.97. The Morgan fingerprint density at radius 2 is 2.25 bits per heavy atom. The molecule has 0 aliphatic carbocycles. The maximum absolute atomic E-state index is 4.92. The van der Waals surface area contributed by atoms with Crippen LogP contribution in [0.1, 0.15) is 6.92 Å². The van der Waals surface area contributed by atoms with Crippen molar-refractivity contribution >= 4 is 16.7 Å². The molecule has 7 heteroatoms. The molecular formula is C9H11N5OS. The van der Waals surface area contributed by atoms with Gasteiger partial charge in [0, 0.05) is 24.1 Å². The Balaban J connectivity index is 2.21. The van der Waals surface area contributed by atoms with Crippen LogP contribution in [-0.2, 0) is 0 Å². The molecule has 2 aromatic heterocycles. The van der Waals surface area contributed by atoms with Crippen LogP contribution in [0, 0.1) is 0 Å². The summed E-state index contributed by atoms with van der Waals surface area (Å²) in [5, 5.41) is 11.7. The zero-order chi connectivity index (χ0) is 11.4. The molecule has 16 heavy (non-hydrogen) atoms. The summed E-state index contributed by atoms with van der Waals surface area (Å²) in [5.74, 6) is 1.06. The fraction of sp³-hybridized carbons (Fsp3) is 0.333. The first-order valence-corrected chi connectivity index (χ1v) is 5.56. The average Bonchev–Trinajstić information content (AvgIpc) is 2.78. The van der Waals surface area contributed by atoms with Crippen molar-refractivity contribution in [3.05, 3.63) is 12.1 Å². The Hall–Kier alpha value is -1.76. The van der Waals surface area contributed by atoms with Crippen LogP contribution in [0.15, 0.2) is 12.1 Å². The molecule has 0 aliphatic heterocycles. The number of nitrogens with one attached hydrogen (secondary N) is 1. The van der Waals surface area contributed by atoms with Crippen LogP contribution in [0.4, 0.5) is 5.13 Å². The Bertz CT molecular complexity index is 455. The van der Waals surface area contributed by atoms with Crippen molar-refractivity contribution in [1.29, 1.82) is 0 Å². The molecule has 0 aromatic carbocycles. The summed E-state index contributed by atoms with van der Waals surface area (Å²) in [6.07, 6.45) is 0. The Morgan fingerprint density at radius 1 is 1.38 bits per heavy atom. The van der Waals surface area contributed by atoms with Gasteiger partial charge in [-0.15, -0.1) is 10.2 Å². The minimum absolute atomic E-state index is 0.478. The second-order valence-electron chi connectivity index (χ2n) is 2.91. The summed E-state index contributed by atoms with van der Waals surface area (Å²) in [6, 6.07) is 3.51. The lowest BCUT2D eigenvalue weighted by molar-refractivity contribution is 0.392. The second kappa shape index (κ2) is 4.84. The minimum atomic E-state index is 0.478. The summed E-state index contributed by atoms with van der Waals surface area (Å²) >= 11 is 1.31. The number of rotatable bonds is 4. The molecular weight excluding hydrogens is 226 g/mol. The Morgan fingerprint density at radius 3 is 2.88 bits per heavy atom. The highest BCUT2D eigenvalue weighted by atomic mass is 32.1. The highest BCUT2D eigenvalue weighted by Gasteiger charge is 2.07. The molecule has 2 rings (SSSR count). The van der Waals surface area contributed by atoms with E-state index >= 15 is 0 Å². The van der Waals surface area contributed by atoms with Crippen LogP contribution in [0.25, 0.3) is 11.5 Å². The maximum atomic E-state index is 4.92.